The first-order valence-electron chi connectivity index (χ1n) is 7.00. The van der Waals surface area contributed by atoms with Crippen molar-refractivity contribution in [3.05, 3.63) is 23.9 Å². The molecule has 1 aromatic rings. The van der Waals surface area contributed by atoms with Crippen molar-refractivity contribution >= 4 is 41.7 Å². The number of hydrogen-bond donors (Lipinski definition) is 1. The lowest BCUT2D eigenvalue weighted by atomic mass is 10.3. The van der Waals surface area contributed by atoms with Crippen LogP contribution in [0.25, 0.3) is 0 Å². The highest BCUT2D eigenvalue weighted by atomic mass is 127. The number of thioether (sulfide) groups is 1. The minimum Gasteiger partial charge on any atom is -0.477 e. The second-order valence-electron chi connectivity index (χ2n) is 4.59. The van der Waals surface area contributed by atoms with Gasteiger partial charge in [-0.3, -0.25) is 0 Å². The Hall–Kier alpha value is -0.700. The van der Waals surface area contributed by atoms with Crippen molar-refractivity contribution in [3.63, 3.8) is 0 Å². The number of aromatic nitrogens is 1. The Balaban J connectivity index is 0.00000220. The van der Waals surface area contributed by atoms with E-state index in [0.717, 1.165) is 36.6 Å². The number of nitrogens with zero attached hydrogens (tertiary/aromatic N) is 3. The van der Waals surface area contributed by atoms with Crippen LogP contribution < -0.4 is 10.5 Å². The molecule has 2 rings (SSSR count). The van der Waals surface area contributed by atoms with Crippen LogP contribution >= 0.6 is 35.7 Å². The molecule has 1 aromatic heterocycles. The Morgan fingerprint density at radius 3 is 2.95 bits per heavy atom. The van der Waals surface area contributed by atoms with E-state index < -0.39 is 0 Å². The molecule has 7 heteroatoms. The van der Waals surface area contributed by atoms with Gasteiger partial charge in [0.15, 0.2) is 5.96 Å². The number of nitrogens with two attached hydrogens (primary N) is 1. The molecular formula is C14H23IN4OS. The molecule has 1 aliphatic heterocycles. The standard InChI is InChI=1S/C14H22N4OS.HI/c1-2-8-19-13-12(4-3-5-16-13)11-17-14(15)18-6-9-20-10-7-18;/h3-5H,2,6-11H2,1H3,(H2,15,17);1H. The van der Waals surface area contributed by atoms with Gasteiger partial charge >= 0.3 is 0 Å². The molecule has 0 aromatic carbocycles. The maximum atomic E-state index is 6.05. The first-order chi connectivity index (χ1) is 9.81. The second kappa shape index (κ2) is 10.1. The number of pyridine rings is 1. The quantitative estimate of drug-likeness (QED) is 0.449. The van der Waals surface area contributed by atoms with E-state index in [1.165, 1.54) is 0 Å². The monoisotopic (exact) mass is 422 g/mol. The SMILES string of the molecule is CCCOc1ncccc1CN=C(N)N1CCSCC1.I. The number of hydrogen-bond acceptors (Lipinski definition) is 4. The minimum atomic E-state index is 0. The summed E-state index contributed by atoms with van der Waals surface area (Å²) >= 11 is 1.96. The summed E-state index contributed by atoms with van der Waals surface area (Å²) in [6.07, 6.45) is 2.70. The molecule has 0 atom stereocenters. The predicted molar refractivity (Wildman–Crippen MR) is 99.7 cm³/mol. The molecule has 5 nitrogen and oxygen atoms in total. The summed E-state index contributed by atoms with van der Waals surface area (Å²) in [7, 11) is 0. The number of halogens is 1. The molecule has 0 unspecified atom stereocenters. The van der Waals surface area contributed by atoms with Crippen LogP contribution in [0.2, 0.25) is 0 Å². The van der Waals surface area contributed by atoms with Crippen molar-refractivity contribution in [3.8, 4) is 5.88 Å². The fraction of sp³-hybridized carbons (Fsp3) is 0.571. The molecule has 0 bridgehead atoms. The van der Waals surface area contributed by atoms with Gasteiger partial charge in [0.1, 0.15) is 0 Å². The lowest BCUT2D eigenvalue weighted by molar-refractivity contribution is 0.302. The maximum Gasteiger partial charge on any atom is 0.218 e. The van der Waals surface area contributed by atoms with E-state index in [-0.39, 0.29) is 24.0 Å². The van der Waals surface area contributed by atoms with Gasteiger partial charge in [0, 0.05) is 36.4 Å². The van der Waals surface area contributed by atoms with Crippen LogP contribution in [0.15, 0.2) is 23.3 Å². The topological polar surface area (TPSA) is 63.7 Å². The molecule has 2 N–H and O–H groups in total. The Morgan fingerprint density at radius 1 is 1.48 bits per heavy atom. The highest BCUT2D eigenvalue weighted by molar-refractivity contribution is 14.0. The molecule has 2 heterocycles. The first kappa shape index (κ1) is 18.3. The Kier molecular flexibility index (Phi) is 8.82. The second-order valence-corrected chi connectivity index (χ2v) is 5.81. The summed E-state index contributed by atoms with van der Waals surface area (Å²) in [6, 6.07) is 3.89. The van der Waals surface area contributed by atoms with E-state index in [4.69, 9.17) is 10.5 Å². The van der Waals surface area contributed by atoms with Crippen LogP contribution in [0.5, 0.6) is 5.88 Å². The van der Waals surface area contributed by atoms with Gasteiger partial charge in [-0.1, -0.05) is 13.0 Å². The van der Waals surface area contributed by atoms with Gasteiger partial charge in [-0.15, -0.1) is 24.0 Å². The van der Waals surface area contributed by atoms with Crippen molar-refractivity contribution in [1.82, 2.24) is 9.88 Å². The van der Waals surface area contributed by atoms with Gasteiger partial charge in [-0.05, 0) is 12.5 Å². The fourth-order valence-electron chi connectivity index (χ4n) is 1.93. The Morgan fingerprint density at radius 2 is 2.24 bits per heavy atom. The summed E-state index contributed by atoms with van der Waals surface area (Å²) in [4.78, 5) is 10.9. The third-order valence-electron chi connectivity index (χ3n) is 3.04. The number of guanidine groups is 1. The summed E-state index contributed by atoms with van der Waals surface area (Å²) in [5.41, 5.74) is 7.03. The van der Waals surface area contributed by atoms with Crippen molar-refractivity contribution in [2.24, 2.45) is 10.7 Å². The van der Waals surface area contributed by atoms with E-state index in [9.17, 15) is 0 Å². The van der Waals surface area contributed by atoms with Gasteiger partial charge in [0.25, 0.3) is 0 Å². The summed E-state index contributed by atoms with van der Waals surface area (Å²) < 4.78 is 5.63. The molecule has 1 saturated heterocycles. The highest BCUT2D eigenvalue weighted by Crippen LogP contribution is 2.16. The molecule has 0 saturated carbocycles. The molecule has 0 amide bonds. The fourth-order valence-corrected chi connectivity index (χ4v) is 2.83. The zero-order valence-electron chi connectivity index (χ0n) is 12.3. The Bertz CT molecular complexity index is 452. The molecule has 0 spiro atoms. The average molecular weight is 422 g/mol. The predicted octanol–water partition coefficient (Wildman–Crippen LogP) is 2.35. The van der Waals surface area contributed by atoms with E-state index >= 15 is 0 Å². The summed E-state index contributed by atoms with van der Waals surface area (Å²) in [5, 5.41) is 0. The minimum absolute atomic E-state index is 0. The largest absolute Gasteiger partial charge is 0.477 e. The van der Waals surface area contributed by atoms with Crippen LogP contribution in [0.4, 0.5) is 0 Å². The smallest absolute Gasteiger partial charge is 0.218 e. The maximum absolute atomic E-state index is 6.05. The lowest BCUT2D eigenvalue weighted by Gasteiger charge is -2.27. The van der Waals surface area contributed by atoms with Crippen LogP contribution in [0.3, 0.4) is 0 Å². The van der Waals surface area contributed by atoms with E-state index in [1.807, 2.05) is 23.9 Å². The number of aliphatic imine (C=N–C) groups is 1. The van der Waals surface area contributed by atoms with Gasteiger partial charge < -0.3 is 15.4 Å². The van der Waals surface area contributed by atoms with Crippen LogP contribution in [-0.2, 0) is 6.54 Å². The zero-order chi connectivity index (χ0) is 14.2. The summed E-state index contributed by atoms with van der Waals surface area (Å²) in [5.74, 6) is 3.53. The van der Waals surface area contributed by atoms with Crippen molar-refractivity contribution in [1.29, 1.82) is 0 Å². The molecule has 1 aliphatic rings. The molecular weight excluding hydrogens is 399 g/mol. The van der Waals surface area contributed by atoms with E-state index in [1.54, 1.807) is 6.20 Å². The van der Waals surface area contributed by atoms with Gasteiger partial charge in [-0.25, -0.2) is 9.98 Å². The number of ether oxygens (including phenoxy) is 1. The van der Waals surface area contributed by atoms with Crippen LogP contribution in [0, 0.1) is 0 Å². The highest BCUT2D eigenvalue weighted by Gasteiger charge is 2.12. The van der Waals surface area contributed by atoms with E-state index in [2.05, 4.69) is 21.8 Å². The molecule has 118 valence electrons. The van der Waals surface area contributed by atoms with Crippen molar-refractivity contribution < 1.29 is 4.74 Å². The Labute approximate surface area is 147 Å². The lowest BCUT2D eigenvalue weighted by Crippen LogP contribution is -2.42. The van der Waals surface area contributed by atoms with Crippen molar-refractivity contribution in [2.75, 3.05) is 31.2 Å². The van der Waals surface area contributed by atoms with Crippen molar-refractivity contribution in [2.45, 2.75) is 19.9 Å². The molecule has 0 radical (unpaired) electrons. The van der Waals surface area contributed by atoms with Gasteiger partial charge in [0.2, 0.25) is 5.88 Å². The first-order valence-corrected chi connectivity index (χ1v) is 8.16. The average Bonchev–Trinajstić information content (AvgIpc) is 2.52. The number of rotatable bonds is 5. The molecule has 1 fully saturated rings. The zero-order valence-corrected chi connectivity index (χ0v) is 15.5. The van der Waals surface area contributed by atoms with E-state index in [0.29, 0.717) is 25.0 Å². The van der Waals surface area contributed by atoms with Gasteiger partial charge in [-0.2, -0.15) is 11.8 Å². The summed E-state index contributed by atoms with van der Waals surface area (Å²) in [6.45, 7) is 5.22. The normalized spacial score (nSPS) is 15.5. The molecule has 21 heavy (non-hydrogen) atoms. The third kappa shape index (κ3) is 5.90. The van der Waals surface area contributed by atoms with Crippen LogP contribution in [-0.4, -0.2) is 47.0 Å². The van der Waals surface area contributed by atoms with Gasteiger partial charge in [0.05, 0.1) is 13.2 Å². The third-order valence-corrected chi connectivity index (χ3v) is 3.98. The molecule has 0 aliphatic carbocycles. The van der Waals surface area contributed by atoms with Crippen LogP contribution in [0.1, 0.15) is 18.9 Å².